The number of primary amides is 1. The summed E-state index contributed by atoms with van der Waals surface area (Å²) < 4.78 is 0. The second-order valence-corrected chi connectivity index (χ2v) is 6.70. The number of nitrogens with zero attached hydrogens (tertiary/aromatic N) is 2. The molecule has 124 valence electrons. The number of amides is 1. The van der Waals surface area contributed by atoms with E-state index in [2.05, 4.69) is 20.8 Å². The van der Waals surface area contributed by atoms with Crippen LogP contribution in [0.15, 0.2) is 36.4 Å². The van der Waals surface area contributed by atoms with E-state index < -0.39 is 5.91 Å². The Morgan fingerprint density at radius 1 is 1.08 bits per heavy atom. The average Bonchev–Trinajstić information content (AvgIpc) is 3.17. The summed E-state index contributed by atoms with van der Waals surface area (Å²) >= 11 is 0. The van der Waals surface area contributed by atoms with Gasteiger partial charge >= 0.3 is 0 Å². The normalized spacial score (nSPS) is 25.4. The zero-order valence-corrected chi connectivity index (χ0v) is 13.4. The van der Waals surface area contributed by atoms with Crippen LogP contribution < -0.4 is 16.4 Å². The number of benzene rings is 1. The quantitative estimate of drug-likeness (QED) is 0.795. The number of hydrogen-bond donors (Lipinski definition) is 3. The molecule has 1 aliphatic carbocycles. The monoisotopic (exact) mass is 323 g/mol. The maximum absolute atomic E-state index is 11.5. The van der Waals surface area contributed by atoms with Gasteiger partial charge in [-0.15, -0.1) is 10.2 Å². The Bertz CT molecular complexity index is 733. The third-order valence-corrected chi connectivity index (χ3v) is 5.14. The van der Waals surface area contributed by atoms with Crippen LogP contribution in [-0.2, 0) is 0 Å². The van der Waals surface area contributed by atoms with Gasteiger partial charge in [0.15, 0.2) is 0 Å². The fourth-order valence-electron chi connectivity index (χ4n) is 3.97. The van der Waals surface area contributed by atoms with E-state index >= 15 is 0 Å². The number of fused-ring (bicyclic) bond motifs is 1. The number of nitrogens with one attached hydrogen (secondary N) is 2. The third-order valence-electron chi connectivity index (χ3n) is 5.14. The van der Waals surface area contributed by atoms with Gasteiger partial charge < -0.3 is 16.4 Å². The van der Waals surface area contributed by atoms with Gasteiger partial charge in [-0.1, -0.05) is 18.2 Å². The van der Waals surface area contributed by atoms with E-state index in [1.54, 1.807) is 12.1 Å². The molecule has 2 heterocycles. The molecular formula is C18H21N5O. The molecule has 6 nitrogen and oxygen atoms in total. The van der Waals surface area contributed by atoms with Crippen molar-refractivity contribution >= 4 is 11.7 Å². The van der Waals surface area contributed by atoms with Crippen LogP contribution in [0.5, 0.6) is 0 Å². The second-order valence-electron chi connectivity index (χ2n) is 6.70. The van der Waals surface area contributed by atoms with Crippen LogP contribution in [0.2, 0.25) is 0 Å². The number of nitrogens with two attached hydrogens (primary N) is 1. The molecule has 1 saturated carbocycles. The van der Waals surface area contributed by atoms with Gasteiger partial charge in [0.25, 0.3) is 0 Å². The SMILES string of the molecule is NC(=O)c1ccccc1-c1ccc(NC2CC3CNCC3C2)nn1. The number of anilines is 1. The fourth-order valence-corrected chi connectivity index (χ4v) is 3.97. The molecule has 2 atom stereocenters. The number of aromatic nitrogens is 2. The number of carbonyl (C=O) groups excluding carboxylic acids is 1. The predicted molar refractivity (Wildman–Crippen MR) is 92.5 cm³/mol. The lowest BCUT2D eigenvalue weighted by Gasteiger charge is -2.14. The molecule has 1 aromatic heterocycles. The molecule has 0 bridgehead atoms. The second kappa shape index (κ2) is 6.20. The van der Waals surface area contributed by atoms with E-state index in [9.17, 15) is 4.79 Å². The van der Waals surface area contributed by atoms with E-state index in [4.69, 9.17) is 5.73 Å². The van der Waals surface area contributed by atoms with Crippen LogP contribution in [0.1, 0.15) is 23.2 Å². The van der Waals surface area contributed by atoms with Gasteiger partial charge in [0.1, 0.15) is 5.82 Å². The predicted octanol–water partition coefficient (Wildman–Crippen LogP) is 1.65. The van der Waals surface area contributed by atoms with Gasteiger partial charge in [-0.2, -0.15) is 0 Å². The van der Waals surface area contributed by atoms with Gasteiger partial charge in [0.2, 0.25) is 5.91 Å². The lowest BCUT2D eigenvalue weighted by Crippen LogP contribution is -2.21. The molecule has 2 aromatic rings. The van der Waals surface area contributed by atoms with Crippen molar-refractivity contribution in [2.45, 2.75) is 18.9 Å². The Morgan fingerprint density at radius 2 is 1.83 bits per heavy atom. The maximum Gasteiger partial charge on any atom is 0.249 e. The largest absolute Gasteiger partial charge is 0.366 e. The molecule has 4 rings (SSSR count). The molecule has 0 radical (unpaired) electrons. The Labute approximate surface area is 140 Å². The lowest BCUT2D eigenvalue weighted by atomic mass is 10.0. The van der Waals surface area contributed by atoms with Crippen LogP contribution >= 0.6 is 0 Å². The van der Waals surface area contributed by atoms with Crippen LogP contribution in [0.25, 0.3) is 11.3 Å². The third kappa shape index (κ3) is 2.85. The van der Waals surface area contributed by atoms with Crippen molar-refractivity contribution in [2.24, 2.45) is 17.6 Å². The Morgan fingerprint density at radius 3 is 2.50 bits per heavy atom. The van der Waals surface area contributed by atoms with Crippen LogP contribution in [-0.4, -0.2) is 35.2 Å². The first-order valence-corrected chi connectivity index (χ1v) is 8.41. The maximum atomic E-state index is 11.5. The van der Waals surface area contributed by atoms with Crippen molar-refractivity contribution in [2.75, 3.05) is 18.4 Å². The molecule has 2 aliphatic rings. The molecule has 4 N–H and O–H groups in total. The average molecular weight is 323 g/mol. The van der Waals surface area contributed by atoms with Gasteiger partial charge in [-0.05, 0) is 56.0 Å². The first kappa shape index (κ1) is 15.1. The van der Waals surface area contributed by atoms with E-state index in [1.165, 1.54) is 12.8 Å². The van der Waals surface area contributed by atoms with Crippen molar-refractivity contribution < 1.29 is 4.79 Å². The molecule has 2 unspecified atom stereocenters. The van der Waals surface area contributed by atoms with E-state index in [0.717, 1.165) is 30.7 Å². The zero-order chi connectivity index (χ0) is 16.5. The van der Waals surface area contributed by atoms with Crippen LogP contribution in [0, 0.1) is 11.8 Å². The summed E-state index contributed by atoms with van der Waals surface area (Å²) in [6.07, 6.45) is 2.37. The van der Waals surface area contributed by atoms with E-state index in [-0.39, 0.29) is 0 Å². The molecule has 2 fully saturated rings. The topological polar surface area (TPSA) is 92.9 Å². The Balaban J connectivity index is 1.48. The summed E-state index contributed by atoms with van der Waals surface area (Å²) in [5.41, 5.74) is 7.26. The number of hydrogen-bond acceptors (Lipinski definition) is 5. The minimum Gasteiger partial charge on any atom is -0.366 e. The molecule has 1 amide bonds. The molecule has 6 heteroatoms. The van der Waals surface area contributed by atoms with Gasteiger partial charge in [0.05, 0.1) is 5.69 Å². The standard InChI is InChI=1S/C18H21N5O/c19-18(24)15-4-2-1-3-14(15)16-5-6-17(23-22-16)21-13-7-11-9-20-10-12(11)8-13/h1-6,11-13,20H,7-10H2,(H2,19,24)(H,21,23). The van der Waals surface area contributed by atoms with Crippen molar-refractivity contribution in [1.82, 2.24) is 15.5 Å². The summed E-state index contributed by atoms with van der Waals surface area (Å²) in [6, 6.07) is 11.5. The van der Waals surface area contributed by atoms with Crippen molar-refractivity contribution in [3.8, 4) is 11.3 Å². The first-order chi connectivity index (χ1) is 11.7. The summed E-state index contributed by atoms with van der Waals surface area (Å²) in [4.78, 5) is 11.5. The van der Waals surface area contributed by atoms with E-state index in [1.807, 2.05) is 24.3 Å². The highest BCUT2D eigenvalue weighted by molar-refractivity contribution is 5.99. The smallest absolute Gasteiger partial charge is 0.249 e. The summed E-state index contributed by atoms with van der Waals surface area (Å²) in [6.45, 7) is 2.27. The van der Waals surface area contributed by atoms with Crippen molar-refractivity contribution in [3.05, 3.63) is 42.0 Å². The Kier molecular flexibility index (Phi) is 3.90. The fraction of sp³-hybridized carbons (Fsp3) is 0.389. The molecule has 1 aliphatic heterocycles. The summed E-state index contributed by atoms with van der Waals surface area (Å²) in [5, 5.41) is 15.5. The van der Waals surface area contributed by atoms with Gasteiger partial charge in [0, 0.05) is 17.2 Å². The first-order valence-electron chi connectivity index (χ1n) is 8.41. The summed E-state index contributed by atoms with van der Waals surface area (Å²) in [7, 11) is 0. The van der Waals surface area contributed by atoms with E-state index in [0.29, 0.717) is 22.9 Å². The number of carbonyl (C=O) groups is 1. The Hall–Kier alpha value is -2.47. The molecule has 0 spiro atoms. The minimum atomic E-state index is -0.458. The highest BCUT2D eigenvalue weighted by Crippen LogP contribution is 2.35. The molecule has 1 saturated heterocycles. The molecule has 24 heavy (non-hydrogen) atoms. The lowest BCUT2D eigenvalue weighted by molar-refractivity contribution is 0.100. The van der Waals surface area contributed by atoms with Crippen molar-refractivity contribution in [3.63, 3.8) is 0 Å². The van der Waals surface area contributed by atoms with Crippen molar-refractivity contribution in [1.29, 1.82) is 0 Å². The van der Waals surface area contributed by atoms with Crippen LogP contribution in [0.4, 0.5) is 5.82 Å². The molecule has 1 aromatic carbocycles. The summed E-state index contributed by atoms with van der Waals surface area (Å²) in [5.74, 6) is 1.91. The molecular weight excluding hydrogens is 302 g/mol. The number of rotatable bonds is 4. The highest BCUT2D eigenvalue weighted by Gasteiger charge is 2.37. The van der Waals surface area contributed by atoms with Gasteiger partial charge in [-0.25, -0.2) is 0 Å². The van der Waals surface area contributed by atoms with Gasteiger partial charge in [-0.3, -0.25) is 4.79 Å². The zero-order valence-electron chi connectivity index (χ0n) is 13.4. The highest BCUT2D eigenvalue weighted by atomic mass is 16.1. The minimum absolute atomic E-state index is 0.458. The van der Waals surface area contributed by atoms with Crippen LogP contribution in [0.3, 0.4) is 0 Å².